The summed E-state index contributed by atoms with van der Waals surface area (Å²) in [6.07, 6.45) is 2.90. The SMILES string of the molecule is C=C1C(OC)CC2CC1C2(C)C. The summed E-state index contributed by atoms with van der Waals surface area (Å²) < 4.78 is 5.40. The van der Waals surface area contributed by atoms with Crippen molar-refractivity contribution in [3.63, 3.8) is 0 Å². The number of hydrogen-bond donors (Lipinski definition) is 0. The Morgan fingerprint density at radius 1 is 1.42 bits per heavy atom. The van der Waals surface area contributed by atoms with Crippen molar-refractivity contribution in [1.29, 1.82) is 0 Å². The molecule has 0 aromatic rings. The molecule has 1 heteroatoms. The monoisotopic (exact) mass is 166 g/mol. The Balaban J connectivity index is 2.17. The summed E-state index contributed by atoms with van der Waals surface area (Å²) in [5.74, 6) is 1.60. The van der Waals surface area contributed by atoms with Crippen LogP contribution in [0.5, 0.6) is 0 Å². The molecule has 3 saturated carbocycles. The van der Waals surface area contributed by atoms with E-state index in [2.05, 4.69) is 20.4 Å². The fourth-order valence-electron chi connectivity index (χ4n) is 2.93. The highest BCUT2D eigenvalue weighted by atomic mass is 16.5. The maximum Gasteiger partial charge on any atom is 0.0784 e. The first-order valence-corrected chi connectivity index (χ1v) is 4.79. The van der Waals surface area contributed by atoms with Crippen LogP contribution in [0, 0.1) is 17.3 Å². The van der Waals surface area contributed by atoms with E-state index in [0.717, 1.165) is 11.8 Å². The Labute approximate surface area is 74.8 Å². The second-order valence-corrected chi connectivity index (χ2v) is 4.84. The van der Waals surface area contributed by atoms with Crippen LogP contribution in [0.3, 0.4) is 0 Å². The Bertz CT molecular complexity index is 217. The van der Waals surface area contributed by atoms with Crippen LogP contribution in [0.1, 0.15) is 26.7 Å². The molecule has 0 spiro atoms. The number of rotatable bonds is 1. The lowest BCUT2D eigenvalue weighted by Gasteiger charge is -2.59. The first kappa shape index (κ1) is 8.31. The fraction of sp³-hybridized carbons (Fsp3) is 0.818. The van der Waals surface area contributed by atoms with Gasteiger partial charge in [-0.05, 0) is 35.7 Å². The van der Waals surface area contributed by atoms with Gasteiger partial charge in [-0.3, -0.25) is 0 Å². The first-order chi connectivity index (χ1) is 5.57. The smallest absolute Gasteiger partial charge is 0.0784 e. The third-order valence-electron chi connectivity index (χ3n) is 4.11. The van der Waals surface area contributed by atoms with E-state index in [-0.39, 0.29) is 0 Å². The third kappa shape index (κ3) is 0.832. The molecule has 0 aromatic heterocycles. The zero-order valence-corrected chi connectivity index (χ0v) is 8.26. The van der Waals surface area contributed by atoms with Crippen LogP contribution >= 0.6 is 0 Å². The largest absolute Gasteiger partial charge is 0.377 e. The summed E-state index contributed by atoms with van der Waals surface area (Å²) in [6.45, 7) is 8.88. The Morgan fingerprint density at radius 3 is 2.50 bits per heavy atom. The molecule has 0 N–H and O–H groups in total. The van der Waals surface area contributed by atoms with Gasteiger partial charge in [0.25, 0.3) is 0 Å². The van der Waals surface area contributed by atoms with Crippen LogP contribution in [0.4, 0.5) is 0 Å². The zero-order chi connectivity index (χ0) is 8.93. The number of fused-ring (bicyclic) bond motifs is 2. The predicted octanol–water partition coefficient (Wildman–Crippen LogP) is 2.62. The van der Waals surface area contributed by atoms with Crippen molar-refractivity contribution >= 4 is 0 Å². The van der Waals surface area contributed by atoms with E-state index in [1.165, 1.54) is 18.4 Å². The van der Waals surface area contributed by atoms with Gasteiger partial charge >= 0.3 is 0 Å². The van der Waals surface area contributed by atoms with E-state index in [4.69, 9.17) is 4.74 Å². The molecule has 0 aliphatic heterocycles. The Kier molecular flexibility index (Phi) is 1.63. The highest BCUT2D eigenvalue weighted by Crippen LogP contribution is 2.61. The molecule has 3 rings (SSSR count). The molecule has 0 radical (unpaired) electrons. The van der Waals surface area contributed by atoms with Gasteiger partial charge in [0.2, 0.25) is 0 Å². The minimum atomic E-state index is 0.349. The molecule has 3 fully saturated rings. The molecule has 0 heterocycles. The molecular weight excluding hydrogens is 148 g/mol. The van der Waals surface area contributed by atoms with E-state index in [9.17, 15) is 0 Å². The lowest BCUT2D eigenvalue weighted by atomic mass is 9.47. The molecule has 0 aromatic carbocycles. The van der Waals surface area contributed by atoms with Gasteiger partial charge in [0.05, 0.1) is 6.10 Å². The third-order valence-corrected chi connectivity index (χ3v) is 4.11. The van der Waals surface area contributed by atoms with Gasteiger partial charge < -0.3 is 4.74 Å². The van der Waals surface area contributed by atoms with Crippen LogP contribution in [-0.2, 0) is 4.74 Å². The number of methoxy groups -OCH3 is 1. The highest BCUT2D eigenvalue weighted by molar-refractivity contribution is 5.23. The second-order valence-electron chi connectivity index (χ2n) is 4.84. The van der Waals surface area contributed by atoms with Crippen LogP contribution in [0.2, 0.25) is 0 Å². The summed E-state index contributed by atoms with van der Waals surface area (Å²) in [5, 5.41) is 0. The normalized spacial score (nSPS) is 43.9. The first-order valence-electron chi connectivity index (χ1n) is 4.79. The minimum Gasteiger partial charge on any atom is -0.377 e. The zero-order valence-electron chi connectivity index (χ0n) is 8.26. The standard InChI is InChI=1S/C11H18O/c1-7-9-5-8(11(9,2)3)6-10(7)12-4/h8-10H,1,5-6H2,2-4H3. The second kappa shape index (κ2) is 2.35. The summed E-state index contributed by atoms with van der Waals surface area (Å²) in [7, 11) is 1.80. The average molecular weight is 166 g/mol. The maximum atomic E-state index is 5.40. The van der Waals surface area contributed by atoms with Gasteiger partial charge in [-0.2, -0.15) is 0 Å². The van der Waals surface area contributed by atoms with Crippen molar-refractivity contribution in [2.75, 3.05) is 7.11 Å². The topological polar surface area (TPSA) is 9.23 Å². The van der Waals surface area contributed by atoms with Crippen LogP contribution < -0.4 is 0 Å². The van der Waals surface area contributed by atoms with Crippen molar-refractivity contribution in [3.05, 3.63) is 12.2 Å². The Hall–Kier alpha value is -0.300. The summed E-state index contributed by atoms with van der Waals surface area (Å²) >= 11 is 0. The molecule has 1 nitrogen and oxygen atoms in total. The molecule has 12 heavy (non-hydrogen) atoms. The van der Waals surface area contributed by atoms with Gasteiger partial charge in [0, 0.05) is 7.11 Å². The van der Waals surface area contributed by atoms with Crippen molar-refractivity contribution in [2.24, 2.45) is 17.3 Å². The van der Waals surface area contributed by atoms with Crippen molar-refractivity contribution in [2.45, 2.75) is 32.8 Å². The van der Waals surface area contributed by atoms with E-state index in [0.29, 0.717) is 11.5 Å². The predicted molar refractivity (Wildman–Crippen MR) is 49.9 cm³/mol. The quantitative estimate of drug-likeness (QED) is 0.544. The van der Waals surface area contributed by atoms with Crippen molar-refractivity contribution < 1.29 is 4.74 Å². The lowest BCUT2D eigenvalue weighted by Crippen LogP contribution is -2.53. The molecular formula is C11H18O. The minimum absolute atomic E-state index is 0.349. The van der Waals surface area contributed by atoms with Crippen LogP contribution in [0.25, 0.3) is 0 Å². The summed E-state index contributed by atoms with van der Waals surface area (Å²) in [6, 6.07) is 0. The maximum absolute atomic E-state index is 5.40. The molecule has 2 bridgehead atoms. The van der Waals surface area contributed by atoms with Gasteiger partial charge in [-0.1, -0.05) is 20.4 Å². The van der Waals surface area contributed by atoms with Gasteiger partial charge in [0.15, 0.2) is 0 Å². The van der Waals surface area contributed by atoms with Gasteiger partial charge in [0.1, 0.15) is 0 Å². The van der Waals surface area contributed by atoms with Gasteiger partial charge in [-0.25, -0.2) is 0 Å². The number of hydrogen-bond acceptors (Lipinski definition) is 1. The van der Waals surface area contributed by atoms with Crippen molar-refractivity contribution in [3.8, 4) is 0 Å². The lowest BCUT2D eigenvalue weighted by molar-refractivity contribution is -0.0807. The van der Waals surface area contributed by atoms with E-state index >= 15 is 0 Å². The van der Waals surface area contributed by atoms with Gasteiger partial charge in [-0.15, -0.1) is 0 Å². The molecule has 0 saturated heterocycles. The summed E-state index contributed by atoms with van der Waals surface area (Å²) in [5.41, 5.74) is 1.84. The molecule has 3 atom stereocenters. The molecule has 0 amide bonds. The fourth-order valence-corrected chi connectivity index (χ4v) is 2.93. The van der Waals surface area contributed by atoms with E-state index in [1.54, 1.807) is 7.11 Å². The van der Waals surface area contributed by atoms with E-state index < -0.39 is 0 Å². The van der Waals surface area contributed by atoms with Crippen LogP contribution in [-0.4, -0.2) is 13.2 Å². The molecule has 3 aliphatic carbocycles. The molecule has 3 aliphatic rings. The molecule has 68 valence electrons. The Morgan fingerprint density at radius 2 is 2.08 bits per heavy atom. The highest BCUT2D eigenvalue weighted by Gasteiger charge is 2.54. The van der Waals surface area contributed by atoms with E-state index in [1.807, 2.05) is 0 Å². The summed E-state index contributed by atoms with van der Waals surface area (Å²) in [4.78, 5) is 0. The van der Waals surface area contributed by atoms with Crippen LogP contribution in [0.15, 0.2) is 12.2 Å². The van der Waals surface area contributed by atoms with Crippen molar-refractivity contribution in [1.82, 2.24) is 0 Å². The molecule has 3 unspecified atom stereocenters. The average Bonchev–Trinajstić information content (AvgIpc) is 2.03. The number of ether oxygens (including phenoxy) is 1.